The number of allylic oxidation sites excluding steroid dienone is 6. The Morgan fingerprint density at radius 1 is 0.667 bits per heavy atom. The van der Waals surface area contributed by atoms with Crippen LogP contribution in [0.1, 0.15) is 95.5 Å². The first kappa shape index (κ1) is 63.9. The maximum atomic E-state index is 12.9. The number of carbonyl (C=O) groups excluding carboxylic acids is 2. The summed E-state index contributed by atoms with van der Waals surface area (Å²) in [5.74, 6) is 0.714. The van der Waals surface area contributed by atoms with Crippen molar-refractivity contribution in [1.82, 2.24) is 9.88 Å². The second kappa shape index (κ2) is 28.9. The van der Waals surface area contributed by atoms with Gasteiger partial charge >= 0.3 is 14.8 Å². The Morgan fingerprint density at radius 2 is 1.32 bits per heavy atom. The predicted molar refractivity (Wildman–Crippen MR) is 349 cm³/mol. The Balaban J connectivity index is 0.917. The summed E-state index contributed by atoms with van der Waals surface area (Å²) in [4.78, 5) is 28.0. The summed E-state index contributed by atoms with van der Waals surface area (Å²) >= 11 is 0. The molecule has 87 heavy (non-hydrogen) atoms. The van der Waals surface area contributed by atoms with E-state index in [4.69, 9.17) is 37.0 Å². The molecule has 9 rings (SSSR count). The number of aromatic nitrogens is 1. The molecule has 14 nitrogen and oxygen atoms in total. The van der Waals surface area contributed by atoms with Crippen LogP contribution in [0.2, 0.25) is 6.04 Å². The van der Waals surface area contributed by atoms with Crippen LogP contribution in [0, 0.1) is 0 Å². The van der Waals surface area contributed by atoms with E-state index >= 15 is 0 Å². The van der Waals surface area contributed by atoms with Gasteiger partial charge in [0.2, 0.25) is 11.6 Å². The summed E-state index contributed by atoms with van der Waals surface area (Å²) in [5, 5.41) is 5.34. The first-order chi connectivity index (χ1) is 42.2. The molecular weight excluding hydrogens is 1110 g/mol. The number of fused-ring (bicyclic) bond motifs is 6. The molecule has 0 radical (unpaired) electrons. The van der Waals surface area contributed by atoms with E-state index in [9.17, 15) is 9.59 Å². The van der Waals surface area contributed by atoms with Crippen LogP contribution in [-0.2, 0) is 60.1 Å². The van der Waals surface area contributed by atoms with Crippen molar-refractivity contribution in [2.24, 2.45) is 0 Å². The molecule has 3 heterocycles. The van der Waals surface area contributed by atoms with Gasteiger partial charge < -0.3 is 51.7 Å². The van der Waals surface area contributed by atoms with E-state index < -0.39 is 20.4 Å². The molecule has 0 spiro atoms. The zero-order valence-electron chi connectivity index (χ0n) is 52.5. The van der Waals surface area contributed by atoms with Crippen molar-refractivity contribution >= 4 is 59.6 Å². The topological polar surface area (TPSA) is 131 Å². The summed E-state index contributed by atoms with van der Waals surface area (Å²) in [7, 11) is 2.19. The van der Waals surface area contributed by atoms with Crippen LogP contribution in [-0.4, -0.2) is 116 Å². The maximum absolute atomic E-state index is 12.9. The Hall–Kier alpha value is -7.63. The average molecular weight is 1200 g/mol. The van der Waals surface area contributed by atoms with Gasteiger partial charge in [-0.25, -0.2) is 4.79 Å². The fourth-order valence-corrected chi connectivity index (χ4v) is 15.1. The van der Waals surface area contributed by atoms with Crippen LogP contribution in [0.4, 0.5) is 11.4 Å². The molecule has 0 bridgehead atoms. The van der Waals surface area contributed by atoms with Gasteiger partial charge in [-0.3, -0.25) is 4.79 Å². The van der Waals surface area contributed by atoms with Gasteiger partial charge in [0, 0.05) is 109 Å². The van der Waals surface area contributed by atoms with E-state index in [-0.39, 0.29) is 36.6 Å². The van der Waals surface area contributed by atoms with Crippen LogP contribution in [0.15, 0.2) is 176 Å². The molecule has 0 aliphatic carbocycles. The molecule has 0 fully saturated rings. The number of nitrogens with zero attached hydrogens (tertiary/aromatic N) is 3. The number of hydrogen-bond donors (Lipinski definition) is 1. The summed E-state index contributed by atoms with van der Waals surface area (Å²) in [6.07, 6.45) is 12.9. The van der Waals surface area contributed by atoms with Crippen LogP contribution in [0.3, 0.4) is 0 Å². The summed E-state index contributed by atoms with van der Waals surface area (Å²) in [5.41, 5.74) is 11.1. The van der Waals surface area contributed by atoms with Gasteiger partial charge in [-0.2, -0.15) is 4.58 Å². The molecule has 1 N–H and O–H groups in total. The van der Waals surface area contributed by atoms with E-state index in [0.717, 1.165) is 59.1 Å². The Bertz CT molecular complexity index is 3550. The van der Waals surface area contributed by atoms with Gasteiger partial charge in [0.05, 0.1) is 32.8 Å². The zero-order chi connectivity index (χ0) is 61.6. The van der Waals surface area contributed by atoms with Crippen molar-refractivity contribution in [2.75, 3.05) is 85.5 Å². The summed E-state index contributed by atoms with van der Waals surface area (Å²) in [6.45, 7) is 18.9. The van der Waals surface area contributed by atoms with E-state index in [1.165, 1.54) is 44.3 Å². The van der Waals surface area contributed by atoms with E-state index in [0.29, 0.717) is 51.8 Å². The quantitative estimate of drug-likeness (QED) is 0.0111. The van der Waals surface area contributed by atoms with Gasteiger partial charge in [-0.15, -0.1) is 0 Å². The van der Waals surface area contributed by atoms with Gasteiger partial charge in [0.25, 0.3) is 0 Å². The molecule has 1 amide bonds. The fraction of sp³-hybridized carbons (Fsp3) is 0.375. The molecule has 6 aromatic carbocycles. The zero-order valence-corrected chi connectivity index (χ0v) is 53.5. The first-order valence-corrected chi connectivity index (χ1v) is 32.6. The third-order valence-electron chi connectivity index (χ3n) is 16.9. The van der Waals surface area contributed by atoms with Crippen LogP contribution in [0.5, 0.6) is 11.5 Å². The Kier molecular flexibility index (Phi) is 21.2. The number of ether oxygens (including phenoxy) is 5. The van der Waals surface area contributed by atoms with E-state index in [2.05, 4.69) is 194 Å². The highest BCUT2D eigenvalue weighted by atomic mass is 28.4. The number of hydrogen-bond acceptors (Lipinski definition) is 11. The van der Waals surface area contributed by atoms with Crippen molar-refractivity contribution in [3.8, 4) is 11.5 Å². The van der Waals surface area contributed by atoms with E-state index in [1.54, 1.807) is 21.3 Å². The number of aryl methyl sites for hydroxylation is 1. The molecule has 1 aromatic heterocycles. The third-order valence-corrected chi connectivity index (χ3v) is 19.9. The number of methoxy groups -OCH3 is 2. The number of carbonyl (C=O) groups is 2. The number of benzene rings is 6. The lowest BCUT2D eigenvalue weighted by molar-refractivity contribution is -0.438. The summed E-state index contributed by atoms with van der Waals surface area (Å²) in [6, 6.07) is 49.3. The highest BCUT2D eigenvalue weighted by Crippen LogP contribution is 2.50. The van der Waals surface area contributed by atoms with Gasteiger partial charge in [0.15, 0.2) is 12.3 Å². The highest BCUT2D eigenvalue weighted by molar-refractivity contribution is 6.60. The minimum absolute atomic E-state index is 0.188. The number of nitrogens with one attached hydrogen (secondary N) is 1. The summed E-state index contributed by atoms with van der Waals surface area (Å²) < 4.78 is 51.8. The molecule has 7 aromatic rings. The lowest BCUT2D eigenvalue weighted by Gasteiger charge is -2.36. The second-order valence-electron chi connectivity index (χ2n) is 22.8. The molecule has 0 atom stereocenters. The standard InChI is InChI=1S/C72H86N4O10Si/c1-11-74-60-31-22-20-29-58(60)68-62(74)43-44-63-69(68)71(6,7)65(76(63)46-25-48-83-67(78)52-82-51-66(77)73-45-24-50-87(81-10,85-12-2)86-13-3)34-19-15-18-33-64-70(4,5)59-30-21-23-32-61(59)75(64)47-26-49-84-72(53-27-16-14-17-28-53,54-35-39-56(79-8)40-36-54)55-37-41-57(80-9)42-38-55/h14-23,27-44H,11-13,24-26,45-52H2,1-10H3/p+1. The SMILES string of the molecule is CCO[Si](CCCNC(=O)COCC(=O)OCCC[N+]1=C(/C=C/C=C/C=C2/N(CCCOC(c3ccccc3)(c3ccc(OC)cc3)c3ccc(OC)cc3)c3ccccc3C2(C)C)C(C)(C)c2c1ccc1c2c2ccccc2n1CC)(OC)OCC. The maximum Gasteiger partial charge on any atom is 0.500 e. The minimum atomic E-state index is -2.78. The number of anilines is 1. The van der Waals surface area contributed by atoms with Crippen molar-refractivity contribution in [2.45, 2.75) is 96.7 Å². The highest BCUT2D eigenvalue weighted by Gasteiger charge is 2.47. The molecule has 2 aliphatic rings. The Labute approximate surface area is 515 Å². The van der Waals surface area contributed by atoms with Crippen molar-refractivity contribution in [1.29, 1.82) is 0 Å². The number of rotatable bonds is 31. The number of amides is 1. The number of esters is 1. The van der Waals surface area contributed by atoms with Gasteiger partial charge in [0.1, 0.15) is 30.3 Å². The molecule has 15 heteroatoms. The van der Waals surface area contributed by atoms with Crippen LogP contribution >= 0.6 is 0 Å². The minimum Gasteiger partial charge on any atom is -0.497 e. The molecule has 2 aliphatic heterocycles. The van der Waals surface area contributed by atoms with Gasteiger partial charge in [-0.05, 0) is 118 Å². The molecular formula is C72H87N4O10Si+. The largest absolute Gasteiger partial charge is 0.500 e. The fourth-order valence-electron chi connectivity index (χ4n) is 12.8. The predicted octanol–water partition coefficient (Wildman–Crippen LogP) is 13.5. The molecule has 0 saturated heterocycles. The monoisotopic (exact) mass is 1200 g/mol. The van der Waals surface area contributed by atoms with Crippen molar-refractivity contribution in [3.05, 3.63) is 203 Å². The van der Waals surface area contributed by atoms with Crippen molar-refractivity contribution in [3.63, 3.8) is 0 Å². The molecule has 0 unspecified atom stereocenters. The second-order valence-corrected chi connectivity index (χ2v) is 25.7. The Morgan fingerprint density at radius 3 is 1.99 bits per heavy atom. The number of para-hydroxylation sites is 2. The van der Waals surface area contributed by atoms with Gasteiger partial charge in [-0.1, -0.05) is 123 Å². The molecule has 458 valence electrons. The smallest absolute Gasteiger partial charge is 0.497 e. The lowest BCUT2D eigenvalue weighted by atomic mass is 9.79. The third kappa shape index (κ3) is 13.6. The van der Waals surface area contributed by atoms with E-state index in [1.807, 2.05) is 44.2 Å². The van der Waals surface area contributed by atoms with Crippen molar-refractivity contribution < 1.29 is 51.1 Å². The van der Waals surface area contributed by atoms with Crippen LogP contribution in [0.25, 0.3) is 21.8 Å². The van der Waals surface area contributed by atoms with Crippen LogP contribution < -0.4 is 19.7 Å². The normalized spacial score (nSPS) is 15.1. The lowest BCUT2D eigenvalue weighted by Crippen LogP contribution is -2.45. The average Bonchev–Trinajstić information content (AvgIpc) is 1.59. The molecule has 0 saturated carbocycles. The first-order valence-electron chi connectivity index (χ1n) is 30.6.